The van der Waals surface area contributed by atoms with Crippen molar-refractivity contribution in [2.45, 2.75) is 26.2 Å². The lowest BCUT2D eigenvalue weighted by Crippen LogP contribution is -2.38. The van der Waals surface area contributed by atoms with Crippen molar-refractivity contribution in [1.82, 2.24) is 4.90 Å². The Balaban J connectivity index is 2.34. The molecule has 0 aromatic carbocycles. The van der Waals surface area contributed by atoms with E-state index in [4.69, 9.17) is 0 Å². The monoisotopic (exact) mass is 197 g/mol. The summed E-state index contributed by atoms with van der Waals surface area (Å²) in [6, 6.07) is 0. The number of hydrogen-bond acceptors (Lipinski definition) is 3. The highest BCUT2D eigenvalue weighted by molar-refractivity contribution is 8.17. The largest absolute Gasteiger partial charge is 0.306 e. The summed E-state index contributed by atoms with van der Waals surface area (Å²) in [5.74, 6) is -0.0298. The van der Waals surface area contributed by atoms with Crippen LogP contribution in [0.15, 0.2) is 10.6 Å². The summed E-state index contributed by atoms with van der Waals surface area (Å²) in [7, 11) is 0. The number of hydrogen-bond donors (Lipinski definition) is 0. The lowest BCUT2D eigenvalue weighted by atomic mass is 10.1. The fourth-order valence-electron chi connectivity index (χ4n) is 1.68. The minimum atomic E-state index is -0.0298. The molecule has 2 aliphatic heterocycles. The van der Waals surface area contributed by atoms with Gasteiger partial charge in [-0.25, -0.2) is 0 Å². The van der Waals surface area contributed by atoms with Crippen LogP contribution in [0, 0.1) is 0 Å². The number of amides is 1. The van der Waals surface area contributed by atoms with Crippen molar-refractivity contribution < 1.29 is 9.59 Å². The van der Waals surface area contributed by atoms with Crippen LogP contribution in [0.4, 0.5) is 0 Å². The molecule has 0 bridgehead atoms. The van der Waals surface area contributed by atoms with E-state index in [1.54, 1.807) is 4.90 Å². The van der Waals surface area contributed by atoms with E-state index in [1.165, 1.54) is 17.3 Å². The van der Waals surface area contributed by atoms with Crippen LogP contribution in [-0.4, -0.2) is 22.5 Å². The smallest absolute Gasteiger partial charge is 0.235 e. The topological polar surface area (TPSA) is 37.4 Å². The van der Waals surface area contributed by atoms with E-state index < -0.39 is 0 Å². The van der Waals surface area contributed by atoms with Crippen LogP contribution >= 0.6 is 11.8 Å². The molecule has 0 radical (unpaired) electrons. The Kier molecular flexibility index (Phi) is 2.15. The lowest BCUT2D eigenvalue weighted by Gasteiger charge is -2.33. The first-order valence-electron chi connectivity index (χ1n) is 4.39. The number of fused-ring (bicyclic) bond motifs is 1. The van der Waals surface area contributed by atoms with Gasteiger partial charge in [0, 0.05) is 6.54 Å². The third kappa shape index (κ3) is 1.50. The molecule has 0 N–H and O–H groups in total. The summed E-state index contributed by atoms with van der Waals surface area (Å²) in [5.41, 5.74) is 1.18. The molecule has 0 aliphatic carbocycles. The SMILES string of the molecule is CC1=C2SC(=O)CC(=O)N2CCC1. The first kappa shape index (κ1) is 8.81. The zero-order chi connectivity index (χ0) is 9.42. The molecule has 1 fully saturated rings. The number of carbonyl (C=O) groups excluding carboxylic acids is 2. The Hall–Kier alpha value is -0.770. The van der Waals surface area contributed by atoms with E-state index in [0.717, 1.165) is 24.4 Å². The molecule has 2 aliphatic rings. The highest BCUT2D eigenvalue weighted by Crippen LogP contribution is 2.35. The molecule has 1 saturated heterocycles. The van der Waals surface area contributed by atoms with E-state index >= 15 is 0 Å². The van der Waals surface area contributed by atoms with Gasteiger partial charge in [0.1, 0.15) is 0 Å². The minimum absolute atomic E-state index is 0.0162. The zero-order valence-corrected chi connectivity index (χ0v) is 8.32. The first-order valence-corrected chi connectivity index (χ1v) is 5.21. The first-order chi connectivity index (χ1) is 6.18. The highest BCUT2D eigenvalue weighted by atomic mass is 32.2. The van der Waals surface area contributed by atoms with Crippen LogP contribution in [-0.2, 0) is 9.59 Å². The second kappa shape index (κ2) is 3.18. The van der Waals surface area contributed by atoms with Crippen molar-refractivity contribution in [3.8, 4) is 0 Å². The van der Waals surface area contributed by atoms with Crippen molar-refractivity contribution in [1.29, 1.82) is 0 Å². The van der Waals surface area contributed by atoms with Crippen molar-refractivity contribution in [2.75, 3.05) is 6.54 Å². The van der Waals surface area contributed by atoms with Gasteiger partial charge in [0.05, 0.1) is 11.4 Å². The van der Waals surface area contributed by atoms with Gasteiger partial charge in [-0.2, -0.15) is 0 Å². The number of allylic oxidation sites excluding steroid dienone is 1. The number of nitrogens with zero attached hydrogens (tertiary/aromatic N) is 1. The predicted octanol–water partition coefficient (Wildman–Crippen LogP) is 1.50. The van der Waals surface area contributed by atoms with Crippen LogP contribution < -0.4 is 0 Å². The summed E-state index contributed by atoms with van der Waals surface area (Å²) in [5, 5.41) is 0.880. The van der Waals surface area contributed by atoms with E-state index in [0.29, 0.717) is 0 Å². The molecule has 0 atom stereocenters. The summed E-state index contributed by atoms with van der Waals surface area (Å²) in [6.45, 7) is 2.78. The van der Waals surface area contributed by atoms with Crippen molar-refractivity contribution in [3.05, 3.63) is 10.6 Å². The molecule has 1 amide bonds. The average molecular weight is 197 g/mol. The minimum Gasteiger partial charge on any atom is -0.306 e. The summed E-state index contributed by atoms with van der Waals surface area (Å²) >= 11 is 1.23. The maximum absolute atomic E-state index is 11.4. The Morgan fingerprint density at radius 3 is 2.92 bits per heavy atom. The molecule has 3 nitrogen and oxygen atoms in total. The molecule has 0 aromatic rings. The van der Waals surface area contributed by atoms with Crippen molar-refractivity contribution in [3.63, 3.8) is 0 Å². The van der Waals surface area contributed by atoms with Crippen LogP contribution in [0.5, 0.6) is 0 Å². The Morgan fingerprint density at radius 2 is 2.15 bits per heavy atom. The maximum atomic E-state index is 11.4. The van der Waals surface area contributed by atoms with Gasteiger partial charge in [0.2, 0.25) is 11.0 Å². The number of carbonyl (C=O) groups is 2. The quantitative estimate of drug-likeness (QED) is 0.552. The van der Waals surface area contributed by atoms with Crippen LogP contribution in [0.3, 0.4) is 0 Å². The van der Waals surface area contributed by atoms with Crippen molar-refractivity contribution in [2.24, 2.45) is 0 Å². The third-order valence-electron chi connectivity index (χ3n) is 2.35. The number of thioether (sulfide) groups is 1. The predicted molar refractivity (Wildman–Crippen MR) is 50.9 cm³/mol. The van der Waals surface area contributed by atoms with Gasteiger partial charge in [-0.1, -0.05) is 0 Å². The molecular weight excluding hydrogens is 186 g/mol. The summed E-state index contributed by atoms with van der Waals surface area (Å²) in [6.07, 6.45) is 2.11. The second-order valence-corrected chi connectivity index (χ2v) is 4.43. The molecule has 70 valence electrons. The Bertz CT molecular complexity index is 309. The molecule has 0 saturated carbocycles. The fraction of sp³-hybridized carbons (Fsp3) is 0.556. The van der Waals surface area contributed by atoms with Gasteiger partial charge in [-0.3, -0.25) is 9.59 Å². The Labute approximate surface area is 81.2 Å². The molecule has 0 spiro atoms. The molecule has 4 heteroatoms. The van der Waals surface area contributed by atoms with Gasteiger partial charge in [-0.05, 0) is 37.1 Å². The lowest BCUT2D eigenvalue weighted by molar-refractivity contribution is -0.132. The van der Waals surface area contributed by atoms with E-state index in [2.05, 4.69) is 0 Å². The standard InChI is InChI=1S/C9H11NO2S/c1-6-3-2-4-10-7(11)5-8(12)13-9(6)10/h2-5H2,1H3. The van der Waals surface area contributed by atoms with E-state index in [1.807, 2.05) is 6.92 Å². The zero-order valence-electron chi connectivity index (χ0n) is 7.50. The van der Waals surface area contributed by atoms with Gasteiger partial charge in [0.25, 0.3) is 0 Å². The maximum Gasteiger partial charge on any atom is 0.235 e. The second-order valence-electron chi connectivity index (χ2n) is 3.39. The van der Waals surface area contributed by atoms with Crippen LogP contribution in [0.2, 0.25) is 0 Å². The molecule has 2 heterocycles. The van der Waals surface area contributed by atoms with Crippen LogP contribution in [0.1, 0.15) is 26.2 Å². The van der Waals surface area contributed by atoms with Gasteiger partial charge < -0.3 is 4.90 Å². The fourth-order valence-corrected chi connectivity index (χ4v) is 2.68. The van der Waals surface area contributed by atoms with Gasteiger partial charge >= 0.3 is 0 Å². The van der Waals surface area contributed by atoms with E-state index in [-0.39, 0.29) is 17.4 Å². The van der Waals surface area contributed by atoms with Crippen molar-refractivity contribution >= 4 is 22.8 Å². The van der Waals surface area contributed by atoms with Crippen LogP contribution in [0.25, 0.3) is 0 Å². The Morgan fingerprint density at radius 1 is 1.38 bits per heavy atom. The average Bonchev–Trinajstić information content (AvgIpc) is 2.07. The van der Waals surface area contributed by atoms with Gasteiger partial charge in [0.15, 0.2) is 0 Å². The van der Waals surface area contributed by atoms with E-state index in [9.17, 15) is 9.59 Å². The molecule has 13 heavy (non-hydrogen) atoms. The molecular formula is C9H11NO2S. The number of rotatable bonds is 0. The highest BCUT2D eigenvalue weighted by Gasteiger charge is 2.31. The third-order valence-corrected chi connectivity index (χ3v) is 3.49. The molecule has 2 rings (SSSR count). The molecule has 0 aromatic heterocycles. The molecule has 0 unspecified atom stereocenters. The summed E-state index contributed by atoms with van der Waals surface area (Å²) < 4.78 is 0. The summed E-state index contributed by atoms with van der Waals surface area (Å²) in [4.78, 5) is 24.4. The normalized spacial score (nSPS) is 23.6. The van der Waals surface area contributed by atoms with Gasteiger partial charge in [-0.15, -0.1) is 0 Å².